The molecule has 3 saturated heterocycles. The minimum absolute atomic E-state index is 0.0101. The largest absolute Gasteiger partial charge is 0.510 e. The highest BCUT2D eigenvalue weighted by atomic mass is 16.8. The van der Waals surface area contributed by atoms with Crippen LogP contribution < -0.4 is 4.74 Å². The molecule has 3 fully saturated rings. The Hall–Kier alpha value is -5.30. The minimum atomic E-state index is -2.33. The molecule has 4 aliphatic rings. The molecule has 0 N–H and O–H groups in total. The quantitative estimate of drug-likeness (QED) is 0.222. The summed E-state index contributed by atoms with van der Waals surface area (Å²) in [7, 11) is 1.46. The van der Waals surface area contributed by atoms with Gasteiger partial charge in [0.15, 0.2) is 6.73 Å². The van der Waals surface area contributed by atoms with E-state index in [9.17, 15) is 24.0 Å². The van der Waals surface area contributed by atoms with Crippen LogP contribution >= 0.6 is 0 Å². The van der Waals surface area contributed by atoms with E-state index in [2.05, 4.69) is 4.98 Å². The third kappa shape index (κ3) is 5.99. The monoisotopic (exact) mass is 682 g/mol. The van der Waals surface area contributed by atoms with Crippen molar-refractivity contribution in [3.63, 3.8) is 0 Å². The van der Waals surface area contributed by atoms with Gasteiger partial charge >= 0.3 is 18.3 Å². The smallest absolute Gasteiger partial charge is 0.497 e. The van der Waals surface area contributed by atoms with Gasteiger partial charge in [0.1, 0.15) is 56.1 Å². The molecule has 18 nitrogen and oxygen atoms in total. The number of benzene rings is 1. The fourth-order valence-electron chi connectivity index (χ4n) is 5.91. The third-order valence-electron chi connectivity index (χ3n) is 8.40. The maximum Gasteiger partial charge on any atom is 0.510 e. The first-order valence-corrected chi connectivity index (χ1v) is 15.1. The molecule has 0 spiro atoms. The van der Waals surface area contributed by atoms with E-state index in [-0.39, 0.29) is 57.9 Å². The molecule has 2 unspecified atom stereocenters. The summed E-state index contributed by atoms with van der Waals surface area (Å²) >= 11 is 0. The average Bonchev–Trinajstić information content (AvgIpc) is 3.95. The SMILES string of the molecule is COc1ccc2c(c1)C(=O)N(C[C@]1(c3cc4cnccc4o3)C(=O)N(COC(=O)OCC3COCO3)C(=O)N1C(=O)OCC1COCO1)C2. The van der Waals surface area contributed by atoms with Crippen LogP contribution in [0.5, 0.6) is 5.75 Å². The zero-order chi connectivity index (χ0) is 34.1. The Morgan fingerprint density at radius 3 is 2.43 bits per heavy atom. The van der Waals surface area contributed by atoms with E-state index in [1.54, 1.807) is 18.2 Å². The lowest BCUT2D eigenvalue weighted by molar-refractivity contribution is -0.137. The van der Waals surface area contributed by atoms with Gasteiger partial charge in [0.2, 0.25) is 5.54 Å². The molecule has 49 heavy (non-hydrogen) atoms. The van der Waals surface area contributed by atoms with Crippen LogP contribution in [-0.2, 0) is 50.0 Å². The molecule has 2 aromatic heterocycles. The molecule has 5 amide bonds. The number of rotatable bonds is 10. The summed E-state index contributed by atoms with van der Waals surface area (Å²) in [6.45, 7) is -1.64. The zero-order valence-corrected chi connectivity index (χ0v) is 26.1. The Kier molecular flexibility index (Phi) is 8.76. The first-order chi connectivity index (χ1) is 23.8. The Balaban J connectivity index is 1.24. The summed E-state index contributed by atoms with van der Waals surface area (Å²) in [5, 5.41) is 0.444. The lowest BCUT2D eigenvalue weighted by atomic mass is 9.93. The van der Waals surface area contributed by atoms with Gasteiger partial charge in [-0.1, -0.05) is 6.07 Å². The van der Waals surface area contributed by atoms with E-state index in [1.165, 1.54) is 36.5 Å². The number of carbonyl (C=O) groups is 5. The van der Waals surface area contributed by atoms with Crippen LogP contribution in [0.1, 0.15) is 21.7 Å². The Morgan fingerprint density at radius 1 is 0.980 bits per heavy atom. The van der Waals surface area contributed by atoms with Gasteiger partial charge in [0.25, 0.3) is 11.8 Å². The maximum absolute atomic E-state index is 14.6. The lowest BCUT2D eigenvalue weighted by Crippen LogP contribution is -2.56. The van der Waals surface area contributed by atoms with Gasteiger partial charge in [-0.05, 0) is 29.8 Å². The van der Waals surface area contributed by atoms with Crippen LogP contribution in [0.4, 0.5) is 14.4 Å². The molecule has 6 heterocycles. The van der Waals surface area contributed by atoms with E-state index < -0.39 is 61.1 Å². The van der Waals surface area contributed by atoms with Crippen molar-refractivity contribution in [1.29, 1.82) is 0 Å². The number of methoxy groups -OCH3 is 1. The number of urea groups is 1. The molecule has 18 heteroatoms. The molecular formula is C31H30N4O14. The fraction of sp³-hybridized carbons (Fsp3) is 0.419. The van der Waals surface area contributed by atoms with Gasteiger partial charge in [-0.2, -0.15) is 0 Å². The number of ether oxygens (including phenoxy) is 8. The summed E-state index contributed by atoms with van der Waals surface area (Å²) in [4.78, 5) is 75.5. The predicted octanol–water partition coefficient (Wildman–Crippen LogP) is 1.94. The summed E-state index contributed by atoms with van der Waals surface area (Å²) in [5.74, 6) is -1.27. The number of aromatic nitrogens is 1. The molecule has 3 atom stereocenters. The molecule has 0 radical (unpaired) electrons. The van der Waals surface area contributed by atoms with Crippen molar-refractivity contribution in [2.24, 2.45) is 0 Å². The van der Waals surface area contributed by atoms with Gasteiger partial charge in [-0.15, -0.1) is 0 Å². The molecule has 0 aliphatic carbocycles. The van der Waals surface area contributed by atoms with Crippen molar-refractivity contribution in [3.05, 3.63) is 59.6 Å². The number of amides is 5. The second kappa shape index (κ2) is 13.3. The highest BCUT2D eigenvalue weighted by Gasteiger charge is 2.65. The topological polar surface area (TPSA) is 195 Å². The van der Waals surface area contributed by atoms with Crippen molar-refractivity contribution >= 4 is 41.1 Å². The van der Waals surface area contributed by atoms with E-state index in [1.807, 2.05) is 0 Å². The number of carbonyl (C=O) groups excluding carboxylic acids is 5. The average molecular weight is 683 g/mol. The molecule has 1 aromatic carbocycles. The summed E-state index contributed by atoms with van der Waals surface area (Å²) in [6, 6.07) is 6.72. The van der Waals surface area contributed by atoms with Crippen molar-refractivity contribution in [3.8, 4) is 5.75 Å². The third-order valence-corrected chi connectivity index (χ3v) is 8.40. The second-order valence-corrected chi connectivity index (χ2v) is 11.4. The highest BCUT2D eigenvalue weighted by Crippen LogP contribution is 2.43. The van der Waals surface area contributed by atoms with Crippen LogP contribution in [0.3, 0.4) is 0 Å². The van der Waals surface area contributed by atoms with Gasteiger partial charge < -0.3 is 47.2 Å². The van der Waals surface area contributed by atoms with E-state index in [0.717, 1.165) is 0 Å². The van der Waals surface area contributed by atoms with Crippen LogP contribution in [0.15, 0.2) is 47.1 Å². The molecular weight excluding hydrogens is 652 g/mol. The number of pyridine rings is 1. The van der Waals surface area contributed by atoms with Crippen molar-refractivity contribution in [2.75, 3.05) is 60.4 Å². The van der Waals surface area contributed by atoms with Gasteiger partial charge in [0.05, 0.1) is 26.9 Å². The van der Waals surface area contributed by atoms with Crippen LogP contribution in [0.2, 0.25) is 0 Å². The first-order valence-electron chi connectivity index (χ1n) is 15.1. The number of furan rings is 1. The van der Waals surface area contributed by atoms with Crippen molar-refractivity contribution < 1.29 is 66.3 Å². The first kappa shape index (κ1) is 32.3. The number of hydrogen-bond donors (Lipinski definition) is 0. The predicted molar refractivity (Wildman–Crippen MR) is 158 cm³/mol. The summed E-state index contributed by atoms with van der Waals surface area (Å²) < 4.78 is 47.9. The summed E-state index contributed by atoms with van der Waals surface area (Å²) in [6.07, 6.45) is -0.674. The van der Waals surface area contributed by atoms with Gasteiger partial charge in [-0.3, -0.25) is 14.6 Å². The number of imide groups is 2. The standard InChI is InChI=1S/C31H30N4O14/c1-41-20-3-2-18-9-33(26(36)23(18)7-20)14-31(25-6-19-8-32-5-4-24(19)49-25)27(37)34(15-46-30(40)45-13-22-11-43-17-48-22)28(38)35(31)29(39)44-12-21-10-42-16-47-21/h2-8,21-22H,9-17H2,1H3/t21?,22?,31-/m0/s1. The van der Waals surface area contributed by atoms with E-state index in [4.69, 9.17) is 42.3 Å². The molecule has 3 aromatic rings. The molecule has 7 rings (SSSR count). The van der Waals surface area contributed by atoms with E-state index >= 15 is 0 Å². The molecule has 0 saturated carbocycles. The zero-order valence-electron chi connectivity index (χ0n) is 26.1. The van der Waals surface area contributed by atoms with Gasteiger partial charge in [-0.25, -0.2) is 24.2 Å². The Labute approximate surface area is 277 Å². The normalized spacial score (nSPS) is 23.4. The number of hydrogen-bond acceptors (Lipinski definition) is 15. The van der Waals surface area contributed by atoms with E-state index in [0.29, 0.717) is 32.1 Å². The molecule has 258 valence electrons. The lowest BCUT2D eigenvalue weighted by Gasteiger charge is -2.34. The van der Waals surface area contributed by atoms with Crippen LogP contribution in [0.25, 0.3) is 11.0 Å². The summed E-state index contributed by atoms with van der Waals surface area (Å²) in [5.41, 5.74) is -1.11. The molecule has 4 aliphatic heterocycles. The van der Waals surface area contributed by atoms with Crippen LogP contribution in [-0.4, -0.2) is 122 Å². The van der Waals surface area contributed by atoms with Gasteiger partial charge in [0, 0.05) is 29.9 Å². The Morgan fingerprint density at radius 2 is 1.73 bits per heavy atom. The van der Waals surface area contributed by atoms with Crippen molar-refractivity contribution in [2.45, 2.75) is 24.3 Å². The maximum atomic E-state index is 14.6. The second-order valence-electron chi connectivity index (χ2n) is 11.4. The van der Waals surface area contributed by atoms with Crippen molar-refractivity contribution in [1.82, 2.24) is 19.7 Å². The number of nitrogens with zero attached hydrogens (tertiary/aromatic N) is 4. The highest BCUT2D eigenvalue weighted by molar-refractivity contribution is 6.14. The minimum Gasteiger partial charge on any atom is -0.497 e. The number of fused-ring (bicyclic) bond motifs is 2. The van der Waals surface area contributed by atoms with Crippen LogP contribution in [0, 0.1) is 0 Å². The fourth-order valence-corrected chi connectivity index (χ4v) is 5.91. The molecule has 0 bridgehead atoms. The Bertz CT molecular complexity index is 1750.